The van der Waals surface area contributed by atoms with Crippen LogP contribution in [0.4, 0.5) is 0 Å². The van der Waals surface area contributed by atoms with Gasteiger partial charge in [-0.15, -0.1) is 23.1 Å². The van der Waals surface area contributed by atoms with Crippen LogP contribution in [0.15, 0.2) is 52.9 Å². The monoisotopic (exact) mass is 417 g/mol. The molecule has 0 radical (unpaired) electrons. The van der Waals surface area contributed by atoms with Crippen molar-refractivity contribution in [3.05, 3.63) is 54.1 Å². The number of aromatic hydroxyl groups is 1. The van der Waals surface area contributed by atoms with E-state index in [1.54, 1.807) is 35.6 Å². The third kappa shape index (κ3) is 4.05. The van der Waals surface area contributed by atoms with Gasteiger partial charge >= 0.3 is 0 Å². The maximum atomic E-state index is 12.4. The van der Waals surface area contributed by atoms with E-state index < -0.39 is 0 Å². The summed E-state index contributed by atoms with van der Waals surface area (Å²) in [7, 11) is 0. The van der Waals surface area contributed by atoms with Crippen molar-refractivity contribution in [3.8, 4) is 5.75 Å². The Hall–Kier alpha value is -2.23. The normalized spacial score (nSPS) is 16.8. The number of amides is 2. The molecule has 0 bridgehead atoms. The van der Waals surface area contributed by atoms with E-state index in [-0.39, 0.29) is 28.7 Å². The number of carbonyl (C=O) groups excluding carboxylic acids is 2. The van der Waals surface area contributed by atoms with Gasteiger partial charge in [-0.05, 0) is 29.8 Å². The summed E-state index contributed by atoms with van der Waals surface area (Å²) >= 11 is 4.34. The van der Waals surface area contributed by atoms with Crippen molar-refractivity contribution in [1.29, 1.82) is 0 Å². The zero-order valence-corrected chi connectivity index (χ0v) is 16.4. The molecule has 2 aromatic carbocycles. The first-order chi connectivity index (χ1) is 13.1. The smallest absolute Gasteiger partial charge is 0.252 e. The fourth-order valence-corrected chi connectivity index (χ4v) is 5.61. The standard InChI is InChI=1S/C18H15N3O3S3/c22-12-7-5-11(6-8-12)17-21(16(24)10-25-17)20-15(23)9-26-18-19-13-3-1-2-4-14(13)27-18/h1-8,17,22H,9-10H2,(H,20,23). The lowest BCUT2D eigenvalue weighted by Gasteiger charge is -2.24. The molecular formula is C18H15N3O3S3. The van der Waals surface area contributed by atoms with Crippen LogP contribution in [0.5, 0.6) is 5.75 Å². The molecule has 1 aromatic heterocycles. The molecule has 3 aromatic rings. The van der Waals surface area contributed by atoms with Gasteiger partial charge in [-0.1, -0.05) is 36.0 Å². The van der Waals surface area contributed by atoms with Crippen molar-refractivity contribution in [2.75, 3.05) is 11.5 Å². The molecule has 1 fully saturated rings. The maximum absolute atomic E-state index is 12.4. The molecule has 27 heavy (non-hydrogen) atoms. The highest BCUT2D eigenvalue weighted by molar-refractivity contribution is 8.01. The number of nitrogens with one attached hydrogen (secondary N) is 1. The summed E-state index contributed by atoms with van der Waals surface area (Å²) in [6, 6.07) is 14.5. The SMILES string of the molecule is O=C(CSc1nc2ccccc2s1)NN1C(=O)CSC1c1ccc(O)cc1. The van der Waals surface area contributed by atoms with E-state index in [0.29, 0.717) is 5.75 Å². The number of phenolic OH excluding ortho intramolecular Hbond substituents is 1. The fourth-order valence-electron chi connectivity index (χ4n) is 2.64. The first-order valence-electron chi connectivity index (χ1n) is 8.10. The van der Waals surface area contributed by atoms with E-state index in [4.69, 9.17) is 0 Å². The second-order valence-corrected chi connectivity index (χ2v) is 9.11. The van der Waals surface area contributed by atoms with Crippen LogP contribution in [0.1, 0.15) is 10.9 Å². The number of hydrogen-bond acceptors (Lipinski definition) is 7. The van der Waals surface area contributed by atoms with E-state index in [1.165, 1.54) is 28.5 Å². The van der Waals surface area contributed by atoms with Crippen LogP contribution < -0.4 is 5.43 Å². The van der Waals surface area contributed by atoms with Crippen molar-refractivity contribution >= 4 is 56.9 Å². The Balaban J connectivity index is 1.39. The summed E-state index contributed by atoms with van der Waals surface area (Å²) in [6.45, 7) is 0. The number of benzene rings is 2. The number of phenols is 1. The number of nitrogens with zero attached hydrogens (tertiary/aromatic N) is 2. The molecule has 1 aliphatic heterocycles. The Labute approximate surface area is 167 Å². The number of fused-ring (bicyclic) bond motifs is 1. The average molecular weight is 418 g/mol. The highest BCUT2D eigenvalue weighted by Crippen LogP contribution is 2.37. The molecule has 0 saturated carbocycles. The van der Waals surface area contributed by atoms with Crippen LogP contribution in [-0.2, 0) is 9.59 Å². The lowest BCUT2D eigenvalue weighted by molar-refractivity contribution is -0.138. The minimum Gasteiger partial charge on any atom is -0.508 e. The second kappa shape index (κ2) is 7.79. The van der Waals surface area contributed by atoms with Crippen LogP contribution in [0.25, 0.3) is 10.2 Å². The molecule has 1 saturated heterocycles. The van der Waals surface area contributed by atoms with Crippen LogP contribution in [-0.4, -0.2) is 38.4 Å². The van der Waals surface area contributed by atoms with Crippen molar-refractivity contribution in [2.24, 2.45) is 0 Å². The molecule has 1 atom stereocenters. The molecule has 6 nitrogen and oxygen atoms in total. The predicted molar refractivity (Wildman–Crippen MR) is 109 cm³/mol. The van der Waals surface area contributed by atoms with Gasteiger partial charge in [-0.3, -0.25) is 15.0 Å². The van der Waals surface area contributed by atoms with E-state index >= 15 is 0 Å². The third-order valence-electron chi connectivity index (χ3n) is 3.89. The predicted octanol–water partition coefficient (Wildman–Crippen LogP) is 3.40. The number of thioether (sulfide) groups is 2. The summed E-state index contributed by atoms with van der Waals surface area (Å²) in [5.74, 6) is 0.249. The molecule has 9 heteroatoms. The largest absolute Gasteiger partial charge is 0.508 e. The topological polar surface area (TPSA) is 82.5 Å². The molecule has 4 rings (SSSR count). The quantitative estimate of drug-likeness (QED) is 0.619. The van der Waals surface area contributed by atoms with Gasteiger partial charge in [0.15, 0.2) is 4.34 Å². The number of hydrazine groups is 1. The molecule has 1 unspecified atom stereocenters. The minimum absolute atomic E-state index is 0.142. The van der Waals surface area contributed by atoms with Gasteiger partial charge in [0.25, 0.3) is 5.91 Å². The molecule has 0 spiro atoms. The number of rotatable bonds is 5. The lowest BCUT2D eigenvalue weighted by atomic mass is 10.2. The van der Waals surface area contributed by atoms with Gasteiger partial charge in [-0.25, -0.2) is 9.99 Å². The lowest BCUT2D eigenvalue weighted by Crippen LogP contribution is -2.45. The van der Waals surface area contributed by atoms with Crippen molar-refractivity contribution in [1.82, 2.24) is 15.4 Å². The third-order valence-corrected chi connectivity index (χ3v) is 7.28. The molecule has 2 heterocycles. The van der Waals surface area contributed by atoms with Crippen LogP contribution in [0, 0.1) is 0 Å². The van der Waals surface area contributed by atoms with E-state index in [9.17, 15) is 14.7 Å². The summed E-state index contributed by atoms with van der Waals surface area (Å²) < 4.78 is 1.91. The zero-order valence-electron chi connectivity index (χ0n) is 14.0. The molecule has 138 valence electrons. The Morgan fingerprint density at radius 1 is 1.26 bits per heavy atom. The Morgan fingerprint density at radius 3 is 2.81 bits per heavy atom. The maximum Gasteiger partial charge on any atom is 0.252 e. The van der Waals surface area contributed by atoms with Gasteiger partial charge < -0.3 is 5.11 Å². The molecule has 0 aliphatic carbocycles. The Bertz CT molecular complexity index is 957. The number of para-hydroxylation sites is 1. The Kier molecular flexibility index (Phi) is 5.24. The summed E-state index contributed by atoms with van der Waals surface area (Å²) in [5.41, 5.74) is 4.48. The van der Waals surface area contributed by atoms with Crippen molar-refractivity contribution in [2.45, 2.75) is 9.71 Å². The number of thiazole rings is 1. The van der Waals surface area contributed by atoms with Gasteiger partial charge in [0.2, 0.25) is 5.91 Å². The van der Waals surface area contributed by atoms with Crippen LogP contribution in [0.3, 0.4) is 0 Å². The van der Waals surface area contributed by atoms with Crippen LogP contribution in [0.2, 0.25) is 0 Å². The summed E-state index contributed by atoms with van der Waals surface area (Å²) in [6.07, 6.45) is 0. The first kappa shape index (κ1) is 18.1. The van der Waals surface area contributed by atoms with Crippen LogP contribution >= 0.6 is 34.9 Å². The zero-order chi connectivity index (χ0) is 18.8. The van der Waals surface area contributed by atoms with Gasteiger partial charge in [0, 0.05) is 0 Å². The molecule has 2 N–H and O–H groups in total. The highest BCUT2D eigenvalue weighted by atomic mass is 32.2. The molecule has 1 aliphatic rings. The summed E-state index contributed by atoms with van der Waals surface area (Å²) in [5, 5.41) is 10.5. The van der Waals surface area contributed by atoms with Gasteiger partial charge in [0.05, 0.1) is 21.7 Å². The van der Waals surface area contributed by atoms with Gasteiger partial charge in [0.1, 0.15) is 11.1 Å². The fraction of sp³-hybridized carbons (Fsp3) is 0.167. The average Bonchev–Trinajstić information content (AvgIpc) is 3.24. The van der Waals surface area contributed by atoms with E-state index in [0.717, 1.165) is 20.1 Å². The van der Waals surface area contributed by atoms with Crippen molar-refractivity contribution < 1.29 is 14.7 Å². The highest BCUT2D eigenvalue weighted by Gasteiger charge is 2.34. The van der Waals surface area contributed by atoms with Crippen molar-refractivity contribution in [3.63, 3.8) is 0 Å². The van der Waals surface area contributed by atoms with E-state index in [2.05, 4.69) is 10.4 Å². The number of aromatic nitrogens is 1. The van der Waals surface area contributed by atoms with E-state index in [1.807, 2.05) is 24.3 Å². The second-order valence-electron chi connectivity index (χ2n) is 5.79. The molecular weight excluding hydrogens is 402 g/mol. The minimum atomic E-state index is -0.297. The molecule has 2 amide bonds. The first-order valence-corrected chi connectivity index (χ1v) is 11.0. The Morgan fingerprint density at radius 2 is 2.04 bits per heavy atom. The number of hydrogen-bond donors (Lipinski definition) is 2. The number of carbonyl (C=O) groups is 2. The van der Waals surface area contributed by atoms with Gasteiger partial charge in [-0.2, -0.15) is 0 Å². The summed E-state index contributed by atoms with van der Waals surface area (Å²) in [4.78, 5) is 29.0.